The monoisotopic (exact) mass is 279 g/mol. The molecule has 0 saturated carbocycles. The average Bonchev–Trinajstić information content (AvgIpc) is 2.48. The van der Waals surface area contributed by atoms with Gasteiger partial charge in [0.15, 0.2) is 5.75 Å². The van der Waals surface area contributed by atoms with E-state index in [0.717, 1.165) is 16.6 Å². The highest BCUT2D eigenvalue weighted by Gasteiger charge is 2.12. The number of benzene rings is 1. The van der Waals surface area contributed by atoms with Crippen LogP contribution in [0.5, 0.6) is 11.6 Å². The smallest absolute Gasteiger partial charge is 0.250 e. The summed E-state index contributed by atoms with van der Waals surface area (Å²) in [5.74, 6) is 0.629. The molecular formula is C15H13N5O. The first-order valence-corrected chi connectivity index (χ1v) is 6.35. The highest BCUT2D eigenvalue weighted by molar-refractivity contribution is 5.97. The van der Waals surface area contributed by atoms with Gasteiger partial charge in [0.1, 0.15) is 11.4 Å². The molecule has 0 radical (unpaired) electrons. The molecule has 0 aliphatic heterocycles. The minimum atomic E-state index is -0.121. The molecule has 0 atom stereocenters. The van der Waals surface area contributed by atoms with Gasteiger partial charge in [-0.25, -0.2) is 4.98 Å². The molecule has 6 nitrogen and oxygen atoms in total. The largest absolute Gasteiger partial charge is 0.435 e. The zero-order valence-electron chi connectivity index (χ0n) is 11.4. The van der Waals surface area contributed by atoms with Crippen LogP contribution in [0.3, 0.4) is 0 Å². The molecule has 104 valence electrons. The van der Waals surface area contributed by atoms with E-state index in [2.05, 4.69) is 15.2 Å². The molecule has 0 saturated heterocycles. The van der Waals surface area contributed by atoms with Crippen molar-refractivity contribution in [1.82, 2.24) is 15.2 Å². The Balaban J connectivity index is 2.11. The number of nitrogen functional groups attached to an aromatic ring is 1. The van der Waals surface area contributed by atoms with Crippen LogP contribution < -0.4 is 10.5 Å². The Morgan fingerprint density at radius 1 is 1.19 bits per heavy atom. The minimum absolute atomic E-state index is 0.121. The molecule has 3 rings (SSSR count). The molecule has 1 aromatic carbocycles. The summed E-state index contributed by atoms with van der Waals surface area (Å²) in [5, 5.41) is 16.2. The van der Waals surface area contributed by atoms with E-state index >= 15 is 0 Å². The molecule has 0 bridgehead atoms. The Morgan fingerprint density at radius 3 is 2.86 bits per heavy atom. The summed E-state index contributed by atoms with van der Waals surface area (Å²) < 4.78 is 5.78. The molecular weight excluding hydrogens is 266 g/mol. The second-order valence-corrected chi connectivity index (χ2v) is 4.55. The topological polar surface area (TPSA) is 97.8 Å². The van der Waals surface area contributed by atoms with Crippen LogP contribution >= 0.6 is 0 Å². The van der Waals surface area contributed by atoms with Gasteiger partial charge in [0, 0.05) is 11.1 Å². The predicted octanol–water partition coefficient (Wildman–Crippen LogP) is 2.41. The molecule has 21 heavy (non-hydrogen) atoms. The summed E-state index contributed by atoms with van der Waals surface area (Å²) >= 11 is 0. The zero-order valence-corrected chi connectivity index (χ0v) is 11.4. The van der Waals surface area contributed by atoms with Crippen molar-refractivity contribution in [3.8, 4) is 11.6 Å². The molecule has 0 spiro atoms. The van der Waals surface area contributed by atoms with Crippen molar-refractivity contribution in [3.63, 3.8) is 0 Å². The number of aromatic nitrogens is 3. The lowest BCUT2D eigenvalue weighted by Gasteiger charge is -2.10. The number of nitrogens with zero attached hydrogens (tertiary/aromatic N) is 3. The van der Waals surface area contributed by atoms with E-state index in [9.17, 15) is 0 Å². The Hall–Kier alpha value is -3.02. The molecule has 0 aliphatic carbocycles. The first kappa shape index (κ1) is 13.0. The first-order chi connectivity index (χ1) is 10.1. The van der Waals surface area contributed by atoms with Crippen LogP contribution in [0.25, 0.3) is 10.9 Å². The van der Waals surface area contributed by atoms with E-state index in [0.29, 0.717) is 11.3 Å². The summed E-state index contributed by atoms with van der Waals surface area (Å²) in [6, 6.07) is 11.1. The summed E-state index contributed by atoms with van der Waals surface area (Å²) in [7, 11) is 0. The van der Waals surface area contributed by atoms with Gasteiger partial charge >= 0.3 is 0 Å². The number of nitrogens with one attached hydrogen (secondary N) is 1. The molecule has 3 N–H and O–H groups in total. The number of pyridine rings is 1. The van der Waals surface area contributed by atoms with Crippen molar-refractivity contribution < 1.29 is 4.74 Å². The van der Waals surface area contributed by atoms with Crippen LogP contribution in [0, 0.1) is 12.3 Å². The molecule has 0 unspecified atom stereocenters. The summed E-state index contributed by atoms with van der Waals surface area (Å²) in [6.07, 6.45) is 1.47. The van der Waals surface area contributed by atoms with Crippen LogP contribution in [0.4, 0.5) is 0 Å². The van der Waals surface area contributed by atoms with E-state index in [4.69, 9.17) is 15.9 Å². The van der Waals surface area contributed by atoms with E-state index in [1.165, 1.54) is 6.20 Å². The van der Waals surface area contributed by atoms with Crippen molar-refractivity contribution in [2.24, 2.45) is 5.73 Å². The minimum Gasteiger partial charge on any atom is -0.435 e. The van der Waals surface area contributed by atoms with E-state index < -0.39 is 0 Å². The van der Waals surface area contributed by atoms with Crippen LogP contribution in [-0.4, -0.2) is 21.0 Å². The van der Waals surface area contributed by atoms with E-state index in [-0.39, 0.29) is 11.7 Å². The van der Waals surface area contributed by atoms with Gasteiger partial charge in [-0.3, -0.25) is 5.41 Å². The standard InChI is InChI=1S/C15H13N5O/c1-9-5-6-10-3-2-4-12(13(10)19-9)21-15-11(14(16)17)7-8-18-20-15/h2-8H,1H3,(H3,16,17). The number of amidine groups is 1. The van der Waals surface area contributed by atoms with Crippen molar-refractivity contribution in [3.05, 3.63) is 53.9 Å². The lowest BCUT2D eigenvalue weighted by atomic mass is 10.2. The van der Waals surface area contributed by atoms with Crippen LogP contribution in [-0.2, 0) is 0 Å². The van der Waals surface area contributed by atoms with E-state index in [1.54, 1.807) is 12.1 Å². The zero-order chi connectivity index (χ0) is 14.8. The van der Waals surface area contributed by atoms with Gasteiger partial charge in [0.25, 0.3) is 0 Å². The number of hydrogen-bond donors (Lipinski definition) is 2. The van der Waals surface area contributed by atoms with Crippen LogP contribution in [0.15, 0.2) is 42.6 Å². The number of para-hydroxylation sites is 1. The third kappa shape index (κ3) is 2.51. The maximum Gasteiger partial charge on any atom is 0.250 e. The first-order valence-electron chi connectivity index (χ1n) is 6.35. The van der Waals surface area contributed by atoms with Crippen molar-refractivity contribution in [2.45, 2.75) is 6.92 Å². The van der Waals surface area contributed by atoms with Gasteiger partial charge in [-0.1, -0.05) is 18.2 Å². The van der Waals surface area contributed by atoms with E-state index in [1.807, 2.05) is 31.2 Å². The highest BCUT2D eigenvalue weighted by Crippen LogP contribution is 2.28. The van der Waals surface area contributed by atoms with Gasteiger partial charge in [-0.05, 0) is 25.1 Å². The number of fused-ring (bicyclic) bond motifs is 1. The lowest BCUT2D eigenvalue weighted by Crippen LogP contribution is -2.13. The van der Waals surface area contributed by atoms with Crippen molar-refractivity contribution in [1.29, 1.82) is 5.41 Å². The molecule has 2 aromatic heterocycles. The quantitative estimate of drug-likeness (QED) is 0.566. The van der Waals surface area contributed by atoms with Gasteiger partial charge in [-0.2, -0.15) is 5.10 Å². The van der Waals surface area contributed by atoms with Crippen LogP contribution in [0.2, 0.25) is 0 Å². The van der Waals surface area contributed by atoms with Gasteiger partial charge in [0.05, 0.1) is 11.8 Å². The third-order valence-electron chi connectivity index (χ3n) is 3.01. The molecule has 2 heterocycles. The second-order valence-electron chi connectivity index (χ2n) is 4.55. The predicted molar refractivity (Wildman–Crippen MR) is 79.6 cm³/mol. The number of aryl methyl sites for hydroxylation is 1. The van der Waals surface area contributed by atoms with Crippen molar-refractivity contribution >= 4 is 16.7 Å². The Bertz CT molecular complexity index is 831. The maximum atomic E-state index is 7.55. The number of rotatable bonds is 3. The third-order valence-corrected chi connectivity index (χ3v) is 3.01. The van der Waals surface area contributed by atoms with Crippen molar-refractivity contribution in [2.75, 3.05) is 0 Å². The van der Waals surface area contributed by atoms with Gasteiger partial charge in [-0.15, -0.1) is 5.10 Å². The summed E-state index contributed by atoms with van der Waals surface area (Å²) in [4.78, 5) is 4.49. The van der Waals surface area contributed by atoms with Gasteiger partial charge in [0.2, 0.25) is 5.88 Å². The highest BCUT2D eigenvalue weighted by atomic mass is 16.5. The van der Waals surface area contributed by atoms with Gasteiger partial charge < -0.3 is 10.5 Å². The number of nitrogens with two attached hydrogens (primary N) is 1. The molecule has 0 fully saturated rings. The van der Waals surface area contributed by atoms with Crippen LogP contribution in [0.1, 0.15) is 11.3 Å². The number of ether oxygens (including phenoxy) is 1. The Morgan fingerprint density at radius 2 is 2.05 bits per heavy atom. The fraction of sp³-hybridized carbons (Fsp3) is 0.0667. The molecule has 0 amide bonds. The summed E-state index contributed by atoms with van der Waals surface area (Å²) in [6.45, 7) is 1.92. The Labute approximate surface area is 121 Å². The normalized spacial score (nSPS) is 10.5. The fourth-order valence-electron chi connectivity index (χ4n) is 2.00. The second kappa shape index (κ2) is 5.16. The fourth-order valence-corrected chi connectivity index (χ4v) is 2.00. The SMILES string of the molecule is Cc1ccc2cccc(Oc3nnccc3C(=N)N)c2n1. The lowest BCUT2D eigenvalue weighted by molar-refractivity contribution is 0.458. The molecule has 0 aliphatic rings. The average molecular weight is 279 g/mol. The summed E-state index contributed by atoms with van der Waals surface area (Å²) in [5.41, 5.74) is 7.55. The molecule has 6 heteroatoms. The number of hydrogen-bond acceptors (Lipinski definition) is 5. The maximum absolute atomic E-state index is 7.55. The molecule has 3 aromatic rings. The Kier molecular flexibility index (Phi) is 3.19.